The molecule has 0 saturated carbocycles. The zero-order valence-electron chi connectivity index (χ0n) is 5.89. The molecule has 0 aliphatic rings. The minimum absolute atomic E-state index is 0.123. The number of hydrogen-bond acceptors (Lipinski definition) is 2. The van der Waals surface area contributed by atoms with E-state index in [0.29, 0.717) is 0 Å². The van der Waals surface area contributed by atoms with E-state index in [0.717, 1.165) is 5.57 Å². The zero-order chi connectivity index (χ0) is 7.44. The molecule has 0 bridgehead atoms. The zero-order valence-corrected chi connectivity index (χ0v) is 5.89. The Balaban J connectivity index is 3.91. The van der Waals surface area contributed by atoms with Crippen LogP contribution in [0, 0.1) is 17.2 Å². The average Bonchev–Trinajstić information content (AvgIpc) is 1.84. The Hall–Kier alpha value is -0.810. The second kappa shape index (κ2) is 3.26. The van der Waals surface area contributed by atoms with Crippen LogP contribution >= 0.6 is 0 Å². The second-order valence-electron chi connectivity index (χ2n) is 2.29. The number of nitriles is 1. The SMILES string of the molecule is C=C(C)C(N)C(C)C#N. The summed E-state index contributed by atoms with van der Waals surface area (Å²) in [4.78, 5) is 0. The number of hydrogen-bond donors (Lipinski definition) is 1. The summed E-state index contributed by atoms with van der Waals surface area (Å²) in [5.74, 6) is -0.123. The molecule has 0 spiro atoms. The molecule has 0 rings (SSSR count). The molecule has 0 saturated heterocycles. The second-order valence-corrected chi connectivity index (χ2v) is 2.29. The first kappa shape index (κ1) is 8.19. The molecule has 0 fully saturated rings. The summed E-state index contributed by atoms with van der Waals surface area (Å²) in [5.41, 5.74) is 6.41. The summed E-state index contributed by atoms with van der Waals surface area (Å²) in [5, 5.41) is 8.38. The third-order valence-electron chi connectivity index (χ3n) is 1.31. The topological polar surface area (TPSA) is 49.8 Å². The number of rotatable bonds is 2. The number of nitrogens with zero attached hydrogens (tertiary/aromatic N) is 1. The summed E-state index contributed by atoms with van der Waals surface area (Å²) in [6.45, 7) is 7.27. The molecule has 2 nitrogen and oxygen atoms in total. The molecule has 9 heavy (non-hydrogen) atoms. The molecule has 0 aromatic carbocycles. The Bertz CT molecular complexity index is 143. The molecular weight excluding hydrogens is 112 g/mol. The Morgan fingerprint density at radius 1 is 1.78 bits per heavy atom. The van der Waals surface area contributed by atoms with Crippen molar-refractivity contribution in [3.8, 4) is 6.07 Å². The molecule has 0 amide bonds. The van der Waals surface area contributed by atoms with Crippen LogP contribution in [0.1, 0.15) is 13.8 Å². The smallest absolute Gasteiger partial charge is 0.0672 e. The minimum atomic E-state index is -0.171. The van der Waals surface area contributed by atoms with Gasteiger partial charge in [-0.3, -0.25) is 0 Å². The monoisotopic (exact) mass is 124 g/mol. The van der Waals surface area contributed by atoms with Crippen molar-refractivity contribution < 1.29 is 0 Å². The third-order valence-corrected chi connectivity index (χ3v) is 1.31. The lowest BCUT2D eigenvalue weighted by Crippen LogP contribution is -2.27. The maximum Gasteiger partial charge on any atom is 0.0672 e. The molecule has 2 unspecified atom stereocenters. The fraction of sp³-hybridized carbons (Fsp3) is 0.571. The van der Waals surface area contributed by atoms with Gasteiger partial charge in [-0.15, -0.1) is 0 Å². The molecule has 50 valence electrons. The molecular formula is C7H12N2. The van der Waals surface area contributed by atoms with E-state index in [1.165, 1.54) is 0 Å². The van der Waals surface area contributed by atoms with Gasteiger partial charge in [0.05, 0.1) is 12.0 Å². The van der Waals surface area contributed by atoms with E-state index in [-0.39, 0.29) is 12.0 Å². The predicted octanol–water partition coefficient (Wildman–Crippen LogP) is 1.05. The molecule has 0 aliphatic heterocycles. The van der Waals surface area contributed by atoms with E-state index in [9.17, 15) is 0 Å². The van der Waals surface area contributed by atoms with Crippen LogP contribution in [0.2, 0.25) is 0 Å². The van der Waals surface area contributed by atoms with Crippen molar-refractivity contribution in [1.29, 1.82) is 5.26 Å². The van der Waals surface area contributed by atoms with Crippen molar-refractivity contribution in [2.75, 3.05) is 0 Å². The fourth-order valence-corrected chi connectivity index (χ4v) is 0.507. The van der Waals surface area contributed by atoms with Crippen molar-refractivity contribution in [2.24, 2.45) is 11.7 Å². The van der Waals surface area contributed by atoms with Gasteiger partial charge >= 0.3 is 0 Å². The summed E-state index contributed by atoms with van der Waals surface area (Å²) < 4.78 is 0. The minimum Gasteiger partial charge on any atom is -0.323 e. The Morgan fingerprint density at radius 3 is 2.33 bits per heavy atom. The summed E-state index contributed by atoms with van der Waals surface area (Å²) in [7, 11) is 0. The largest absolute Gasteiger partial charge is 0.323 e. The van der Waals surface area contributed by atoms with Crippen LogP contribution in [0.4, 0.5) is 0 Å². The molecule has 2 heteroatoms. The molecule has 0 aromatic heterocycles. The lowest BCUT2D eigenvalue weighted by atomic mass is 9.99. The first-order chi connectivity index (χ1) is 4.09. The number of nitrogens with two attached hydrogens (primary N) is 1. The van der Waals surface area contributed by atoms with E-state index < -0.39 is 0 Å². The molecule has 0 heterocycles. The molecule has 2 N–H and O–H groups in total. The Morgan fingerprint density at radius 2 is 2.22 bits per heavy atom. The van der Waals surface area contributed by atoms with Gasteiger partial charge in [-0.1, -0.05) is 12.2 Å². The van der Waals surface area contributed by atoms with Crippen LogP contribution in [0.25, 0.3) is 0 Å². The highest BCUT2D eigenvalue weighted by molar-refractivity contribution is 5.06. The lowest BCUT2D eigenvalue weighted by molar-refractivity contribution is 0.617. The van der Waals surface area contributed by atoms with Crippen molar-refractivity contribution >= 4 is 0 Å². The van der Waals surface area contributed by atoms with Crippen molar-refractivity contribution in [3.05, 3.63) is 12.2 Å². The van der Waals surface area contributed by atoms with Gasteiger partial charge < -0.3 is 5.73 Å². The normalized spacial score (nSPS) is 15.8. The van der Waals surface area contributed by atoms with Gasteiger partial charge in [0.25, 0.3) is 0 Å². The molecule has 0 radical (unpaired) electrons. The predicted molar refractivity (Wildman–Crippen MR) is 37.6 cm³/mol. The van der Waals surface area contributed by atoms with Gasteiger partial charge in [0.2, 0.25) is 0 Å². The first-order valence-electron chi connectivity index (χ1n) is 2.90. The van der Waals surface area contributed by atoms with Crippen LogP contribution in [0.3, 0.4) is 0 Å². The van der Waals surface area contributed by atoms with Gasteiger partial charge in [0.1, 0.15) is 0 Å². The lowest BCUT2D eigenvalue weighted by Gasteiger charge is -2.11. The highest BCUT2D eigenvalue weighted by Gasteiger charge is 2.10. The molecule has 2 atom stereocenters. The Kier molecular flexibility index (Phi) is 2.97. The van der Waals surface area contributed by atoms with Crippen LogP contribution < -0.4 is 5.73 Å². The van der Waals surface area contributed by atoms with Gasteiger partial charge in [0, 0.05) is 6.04 Å². The standard InChI is InChI=1S/C7H12N2/c1-5(2)7(9)6(3)4-8/h6-7H,1,9H2,2-3H3. The van der Waals surface area contributed by atoms with E-state index in [4.69, 9.17) is 11.0 Å². The van der Waals surface area contributed by atoms with Crippen LogP contribution in [-0.2, 0) is 0 Å². The summed E-state index contributed by atoms with van der Waals surface area (Å²) >= 11 is 0. The van der Waals surface area contributed by atoms with Gasteiger partial charge in [-0.25, -0.2) is 0 Å². The van der Waals surface area contributed by atoms with Gasteiger partial charge in [-0.2, -0.15) is 5.26 Å². The van der Waals surface area contributed by atoms with Crippen LogP contribution in [0.5, 0.6) is 0 Å². The summed E-state index contributed by atoms with van der Waals surface area (Å²) in [6, 6.07) is 1.89. The van der Waals surface area contributed by atoms with Crippen LogP contribution in [-0.4, -0.2) is 6.04 Å². The highest BCUT2D eigenvalue weighted by Crippen LogP contribution is 2.05. The van der Waals surface area contributed by atoms with Crippen molar-refractivity contribution in [2.45, 2.75) is 19.9 Å². The third kappa shape index (κ3) is 2.29. The molecule has 0 aromatic rings. The fourth-order valence-electron chi connectivity index (χ4n) is 0.507. The average molecular weight is 124 g/mol. The van der Waals surface area contributed by atoms with Crippen molar-refractivity contribution in [1.82, 2.24) is 0 Å². The Labute approximate surface area is 56.0 Å². The summed E-state index contributed by atoms with van der Waals surface area (Å²) in [6.07, 6.45) is 0. The van der Waals surface area contributed by atoms with E-state index in [1.807, 2.05) is 6.92 Å². The van der Waals surface area contributed by atoms with E-state index in [2.05, 4.69) is 12.6 Å². The van der Waals surface area contributed by atoms with Crippen LogP contribution in [0.15, 0.2) is 12.2 Å². The maximum absolute atomic E-state index is 8.38. The van der Waals surface area contributed by atoms with Crippen molar-refractivity contribution in [3.63, 3.8) is 0 Å². The van der Waals surface area contributed by atoms with E-state index >= 15 is 0 Å². The van der Waals surface area contributed by atoms with Gasteiger partial charge in [0.15, 0.2) is 0 Å². The first-order valence-corrected chi connectivity index (χ1v) is 2.90. The highest BCUT2D eigenvalue weighted by atomic mass is 14.6. The van der Waals surface area contributed by atoms with Gasteiger partial charge in [-0.05, 0) is 13.8 Å². The molecule has 0 aliphatic carbocycles. The van der Waals surface area contributed by atoms with E-state index in [1.54, 1.807) is 6.92 Å². The quantitative estimate of drug-likeness (QED) is 0.559. The maximum atomic E-state index is 8.38.